The van der Waals surface area contributed by atoms with Crippen molar-refractivity contribution in [2.24, 2.45) is 0 Å². The summed E-state index contributed by atoms with van der Waals surface area (Å²) in [6, 6.07) is 6.99. The molecule has 1 aliphatic rings. The number of urea groups is 1. The molecule has 1 aliphatic heterocycles. The Hall–Kier alpha value is -2.28. The standard InChI is InChI=1S/C19H30N4O3/c1-4-22(5-2)11-7-10-20-19(25)21-15-12-18(24)23(14-15)16-8-6-9-17(13-16)26-3/h6,8-9,13,15H,4-5,7,10-12,14H2,1-3H3,(H2,20,21,25). The first-order valence-electron chi connectivity index (χ1n) is 9.28. The highest BCUT2D eigenvalue weighted by molar-refractivity contribution is 5.97. The van der Waals surface area contributed by atoms with Crippen LogP contribution in [0.3, 0.4) is 0 Å². The highest BCUT2D eigenvalue weighted by Crippen LogP contribution is 2.25. The second kappa shape index (κ2) is 10.0. The van der Waals surface area contributed by atoms with Crippen LogP contribution in [-0.4, -0.2) is 62.7 Å². The van der Waals surface area contributed by atoms with Gasteiger partial charge in [-0.2, -0.15) is 0 Å². The van der Waals surface area contributed by atoms with Crippen LogP contribution in [0.15, 0.2) is 24.3 Å². The Morgan fingerprint density at radius 3 is 2.81 bits per heavy atom. The number of carbonyl (C=O) groups excluding carboxylic acids is 2. The summed E-state index contributed by atoms with van der Waals surface area (Å²) in [7, 11) is 1.60. The van der Waals surface area contributed by atoms with E-state index in [4.69, 9.17) is 4.74 Å². The van der Waals surface area contributed by atoms with Crippen LogP contribution in [0.25, 0.3) is 0 Å². The predicted molar refractivity (Wildman–Crippen MR) is 103 cm³/mol. The predicted octanol–water partition coefficient (Wildman–Crippen LogP) is 1.83. The van der Waals surface area contributed by atoms with Crippen LogP contribution >= 0.6 is 0 Å². The Bertz CT molecular complexity index is 604. The van der Waals surface area contributed by atoms with Gasteiger partial charge in [0.05, 0.1) is 13.2 Å². The van der Waals surface area contributed by atoms with Crippen molar-refractivity contribution in [3.63, 3.8) is 0 Å². The van der Waals surface area contributed by atoms with Gasteiger partial charge in [-0.15, -0.1) is 0 Å². The van der Waals surface area contributed by atoms with Gasteiger partial charge in [0.1, 0.15) is 5.75 Å². The normalized spacial score (nSPS) is 16.8. The molecule has 1 fully saturated rings. The van der Waals surface area contributed by atoms with Gasteiger partial charge in [0.2, 0.25) is 5.91 Å². The Balaban J connectivity index is 1.77. The molecule has 1 heterocycles. The summed E-state index contributed by atoms with van der Waals surface area (Å²) in [5, 5.41) is 5.77. The Morgan fingerprint density at radius 2 is 2.12 bits per heavy atom. The number of nitrogens with zero attached hydrogens (tertiary/aromatic N) is 2. The molecule has 1 atom stereocenters. The number of hydrogen-bond acceptors (Lipinski definition) is 4. The number of hydrogen-bond donors (Lipinski definition) is 2. The van der Waals surface area contributed by atoms with E-state index in [9.17, 15) is 9.59 Å². The van der Waals surface area contributed by atoms with Gasteiger partial charge in [-0.1, -0.05) is 19.9 Å². The lowest BCUT2D eigenvalue weighted by atomic mass is 10.2. The van der Waals surface area contributed by atoms with Crippen molar-refractivity contribution < 1.29 is 14.3 Å². The van der Waals surface area contributed by atoms with Crippen LogP contribution in [-0.2, 0) is 4.79 Å². The van der Waals surface area contributed by atoms with Gasteiger partial charge in [0, 0.05) is 31.3 Å². The number of benzene rings is 1. The van der Waals surface area contributed by atoms with Crippen molar-refractivity contribution in [1.82, 2.24) is 15.5 Å². The van der Waals surface area contributed by atoms with Crippen LogP contribution in [0.1, 0.15) is 26.7 Å². The molecule has 26 heavy (non-hydrogen) atoms. The molecule has 0 aliphatic carbocycles. The molecule has 0 radical (unpaired) electrons. The highest BCUT2D eigenvalue weighted by atomic mass is 16.5. The molecule has 0 bridgehead atoms. The fourth-order valence-electron chi connectivity index (χ4n) is 3.11. The Morgan fingerprint density at radius 1 is 1.35 bits per heavy atom. The van der Waals surface area contributed by atoms with Gasteiger partial charge in [-0.25, -0.2) is 4.79 Å². The van der Waals surface area contributed by atoms with Crippen molar-refractivity contribution in [2.45, 2.75) is 32.7 Å². The molecular formula is C19H30N4O3. The first-order valence-corrected chi connectivity index (χ1v) is 9.28. The number of methoxy groups -OCH3 is 1. The van der Waals surface area contributed by atoms with Gasteiger partial charge in [0.25, 0.3) is 0 Å². The summed E-state index contributed by atoms with van der Waals surface area (Å²) in [5.74, 6) is 0.711. The summed E-state index contributed by atoms with van der Waals surface area (Å²) in [6.07, 6.45) is 1.22. The molecule has 1 unspecified atom stereocenters. The second-order valence-electron chi connectivity index (χ2n) is 6.39. The van der Waals surface area contributed by atoms with Gasteiger partial charge in [-0.3, -0.25) is 4.79 Å². The summed E-state index contributed by atoms with van der Waals surface area (Å²) < 4.78 is 5.21. The van der Waals surface area contributed by atoms with E-state index in [0.717, 1.165) is 31.7 Å². The van der Waals surface area contributed by atoms with E-state index in [2.05, 4.69) is 29.4 Å². The average Bonchev–Trinajstić information content (AvgIpc) is 3.02. The number of anilines is 1. The molecule has 3 amide bonds. The van der Waals surface area contributed by atoms with Crippen LogP contribution in [0, 0.1) is 0 Å². The van der Waals surface area contributed by atoms with E-state index < -0.39 is 0 Å². The van der Waals surface area contributed by atoms with Crippen molar-refractivity contribution in [3.8, 4) is 5.75 Å². The third kappa shape index (κ3) is 5.62. The van der Waals surface area contributed by atoms with E-state index in [1.165, 1.54) is 0 Å². The van der Waals surface area contributed by atoms with Crippen LogP contribution in [0.4, 0.5) is 10.5 Å². The lowest BCUT2D eigenvalue weighted by molar-refractivity contribution is -0.117. The summed E-state index contributed by atoms with van der Waals surface area (Å²) >= 11 is 0. The fraction of sp³-hybridized carbons (Fsp3) is 0.579. The third-order valence-corrected chi connectivity index (χ3v) is 4.66. The highest BCUT2D eigenvalue weighted by Gasteiger charge is 2.31. The quantitative estimate of drug-likeness (QED) is 0.658. The van der Waals surface area contributed by atoms with Gasteiger partial charge >= 0.3 is 6.03 Å². The van der Waals surface area contributed by atoms with Gasteiger partial charge < -0.3 is 25.2 Å². The largest absolute Gasteiger partial charge is 0.497 e. The zero-order chi connectivity index (χ0) is 18.9. The first-order chi connectivity index (χ1) is 12.6. The number of ether oxygens (including phenoxy) is 1. The molecule has 1 aromatic rings. The summed E-state index contributed by atoms with van der Waals surface area (Å²) in [6.45, 7) is 8.38. The topological polar surface area (TPSA) is 73.9 Å². The van der Waals surface area contributed by atoms with Crippen molar-refractivity contribution in [3.05, 3.63) is 24.3 Å². The van der Waals surface area contributed by atoms with Crippen LogP contribution < -0.4 is 20.3 Å². The van der Waals surface area contributed by atoms with E-state index >= 15 is 0 Å². The lowest BCUT2D eigenvalue weighted by Gasteiger charge is -2.19. The Kier molecular flexibility index (Phi) is 7.72. The molecule has 144 valence electrons. The fourth-order valence-corrected chi connectivity index (χ4v) is 3.11. The van der Waals surface area contributed by atoms with E-state index in [1.54, 1.807) is 12.0 Å². The maximum atomic E-state index is 12.3. The van der Waals surface area contributed by atoms with Crippen molar-refractivity contribution in [2.75, 3.05) is 44.7 Å². The average molecular weight is 362 g/mol. The first kappa shape index (κ1) is 20.0. The molecule has 7 heteroatoms. The number of nitrogens with one attached hydrogen (secondary N) is 2. The smallest absolute Gasteiger partial charge is 0.315 e. The zero-order valence-electron chi connectivity index (χ0n) is 16.0. The minimum absolute atomic E-state index is 0.00471. The maximum absolute atomic E-state index is 12.3. The van der Waals surface area contributed by atoms with E-state index in [1.807, 2.05) is 24.3 Å². The Labute approximate surface area is 155 Å². The molecular weight excluding hydrogens is 332 g/mol. The molecule has 1 aromatic carbocycles. The van der Waals surface area contributed by atoms with Gasteiger partial charge in [0.15, 0.2) is 0 Å². The molecule has 2 N–H and O–H groups in total. The van der Waals surface area contributed by atoms with Crippen molar-refractivity contribution >= 4 is 17.6 Å². The van der Waals surface area contributed by atoms with E-state index in [-0.39, 0.29) is 18.0 Å². The van der Waals surface area contributed by atoms with Crippen LogP contribution in [0.2, 0.25) is 0 Å². The molecule has 1 saturated heterocycles. The van der Waals surface area contributed by atoms with Gasteiger partial charge in [-0.05, 0) is 38.2 Å². The third-order valence-electron chi connectivity index (χ3n) is 4.66. The number of rotatable bonds is 9. The van der Waals surface area contributed by atoms with Crippen LogP contribution in [0.5, 0.6) is 5.75 Å². The molecule has 7 nitrogen and oxygen atoms in total. The molecule has 0 saturated carbocycles. The monoisotopic (exact) mass is 362 g/mol. The SMILES string of the molecule is CCN(CC)CCCNC(=O)NC1CC(=O)N(c2cccc(OC)c2)C1. The molecule has 0 spiro atoms. The minimum Gasteiger partial charge on any atom is -0.497 e. The van der Waals surface area contributed by atoms with Crippen molar-refractivity contribution in [1.29, 1.82) is 0 Å². The minimum atomic E-state index is -0.213. The number of amides is 3. The second-order valence-corrected chi connectivity index (χ2v) is 6.39. The summed E-state index contributed by atoms with van der Waals surface area (Å²) in [5.41, 5.74) is 0.790. The van der Waals surface area contributed by atoms with E-state index in [0.29, 0.717) is 25.3 Å². The zero-order valence-corrected chi connectivity index (χ0v) is 16.0. The lowest BCUT2D eigenvalue weighted by Crippen LogP contribution is -2.44. The maximum Gasteiger partial charge on any atom is 0.315 e. The molecule has 0 aromatic heterocycles. The molecule has 2 rings (SSSR count). The summed E-state index contributed by atoms with van der Waals surface area (Å²) in [4.78, 5) is 28.3. The number of carbonyl (C=O) groups is 2.